The number of hydrogen-bond acceptors (Lipinski definition) is 4. The molecule has 13 heavy (non-hydrogen) atoms. The molecule has 0 rings (SSSR count). The van der Waals surface area contributed by atoms with E-state index in [4.69, 9.17) is 20.4 Å². The molecule has 0 fully saturated rings. The molecular weight excluding hydrogens is 341 g/mol. The van der Waals surface area contributed by atoms with E-state index in [1.807, 2.05) is 0 Å². The fraction of sp³-hybridized carbons (Fsp3) is 1.00. The van der Waals surface area contributed by atoms with Gasteiger partial charge >= 0.3 is 0 Å². The van der Waals surface area contributed by atoms with Gasteiger partial charge in [0, 0.05) is 22.4 Å². The zero-order chi connectivity index (χ0) is 10.8. The van der Waals surface area contributed by atoms with Gasteiger partial charge in [0.25, 0.3) is 0 Å². The van der Waals surface area contributed by atoms with Gasteiger partial charge in [-0.25, -0.2) is 0 Å². The van der Waals surface area contributed by atoms with Crippen LogP contribution in [0.3, 0.4) is 0 Å². The Morgan fingerprint density at radius 2 is 0.538 bits per heavy atom. The van der Waals surface area contributed by atoms with Crippen molar-refractivity contribution in [2.75, 3.05) is 26.4 Å². The van der Waals surface area contributed by atoms with Crippen LogP contribution in [-0.4, -0.2) is 26.4 Å². The van der Waals surface area contributed by atoms with Gasteiger partial charge in [-0.3, -0.25) is 0 Å². The predicted molar refractivity (Wildman–Crippen MR) is 42.2 cm³/mol. The Morgan fingerprint density at radius 1 is 0.538 bits per heavy atom. The average Bonchev–Trinajstić information content (AvgIpc) is 1.92. The minimum atomic E-state index is 0. The topological polar surface area (TPSA) is 92.2 Å². The van der Waals surface area contributed by atoms with Crippen molar-refractivity contribution in [2.45, 2.75) is 27.7 Å². The van der Waals surface area contributed by atoms with Crippen LogP contribution < -0.4 is 20.4 Å². The van der Waals surface area contributed by atoms with E-state index >= 15 is 0 Å². The largest absolute Gasteiger partial charge is 0.855 e. The monoisotopic (exact) mass is 361 g/mol. The summed E-state index contributed by atoms with van der Waals surface area (Å²) < 4.78 is 0. The molecule has 4 nitrogen and oxygen atoms in total. The Balaban J connectivity index is -0.0000000213. The van der Waals surface area contributed by atoms with E-state index in [2.05, 4.69) is 0 Å². The van der Waals surface area contributed by atoms with Crippen molar-refractivity contribution in [1.82, 2.24) is 0 Å². The van der Waals surface area contributed by atoms with Crippen molar-refractivity contribution in [3.63, 3.8) is 0 Å². The van der Waals surface area contributed by atoms with Gasteiger partial charge in [0.05, 0.1) is 0 Å². The van der Waals surface area contributed by atoms with Crippen LogP contribution in [0.4, 0.5) is 0 Å². The molecule has 1 radical (unpaired) electrons. The molecule has 0 heterocycles. The van der Waals surface area contributed by atoms with Crippen molar-refractivity contribution in [2.24, 2.45) is 0 Å². The van der Waals surface area contributed by atoms with Gasteiger partial charge in [0.15, 0.2) is 0 Å². The Hall–Kier alpha value is 0.580. The quantitative estimate of drug-likeness (QED) is 0.476. The summed E-state index contributed by atoms with van der Waals surface area (Å²) in [5, 5.41) is 35.7. The average molecular weight is 361 g/mol. The number of hydrogen-bond donors (Lipinski definition) is 0. The summed E-state index contributed by atoms with van der Waals surface area (Å²) >= 11 is 0. The van der Waals surface area contributed by atoms with E-state index in [9.17, 15) is 0 Å². The third-order valence-corrected chi connectivity index (χ3v) is 0. The maximum Gasteiger partial charge on any atom is 0 e. The maximum absolute atomic E-state index is 8.93. The van der Waals surface area contributed by atoms with Crippen LogP contribution in [0, 0.1) is 0 Å². The summed E-state index contributed by atoms with van der Waals surface area (Å²) in [4.78, 5) is 0. The molecule has 0 aliphatic rings. The fourth-order valence-electron chi connectivity index (χ4n) is 0. The molecular formula is C8H20O4Ta-4. The van der Waals surface area contributed by atoms with Crippen LogP contribution in [-0.2, 0) is 22.4 Å². The molecule has 0 unspecified atom stereocenters. The first kappa shape index (κ1) is 29.2. The van der Waals surface area contributed by atoms with Gasteiger partial charge in [-0.1, -0.05) is 27.7 Å². The molecule has 0 saturated heterocycles. The second-order valence-electron chi connectivity index (χ2n) is 1.15. The second-order valence-corrected chi connectivity index (χ2v) is 1.15. The van der Waals surface area contributed by atoms with Crippen LogP contribution >= 0.6 is 0 Å². The summed E-state index contributed by atoms with van der Waals surface area (Å²) in [5.74, 6) is 0. The van der Waals surface area contributed by atoms with Crippen LogP contribution in [0.2, 0.25) is 0 Å². The van der Waals surface area contributed by atoms with Gasteiger partial charge in [-0.15, -0.1) is 26.4 Å². The smallest absolute Gasteiger partial charge is 0 e. The van der Waals surface area contributed by atoms with Crippen LogP contribution in [0.15, 0.2) is 0 Å². The second kappa shape index (κ2) is 80.4. The van der Waals surface area contributed by atoms with Crippen molar-refractivity contribution in [1.29, 1.82) is 0 Å². The van der Waals surface area contributed by atoms with E-state index in [1.54, 1.807) is 27.7 Å². The van der Waals surface area contributed by atoms with Crippen LogP contribution in [0.25, 0.3) is 0 Å². The molecule has 5 heteroatoms. The zero-order valence-electron chi connectivity index (χ0n) is 8.91. The molecule has 0 N–H and O–H groups in total. The molecule has 0 spiro atoms. The van der Waals surface area contributed by atoms with Crippen LogP contribution in [0.5, 0.6) is 0 Å². The van der Waals surface area contributed by atoms with Crippen LogP contribution in [0.1, 0.15) is 27.7 Å². The Bertz CT molecular complexity index is 24.1. The molecule has 0 atom stereocenters. The predicted octanol–water partition coefficient (Wildman–Crippen LogP) is -2.54. The van der Waals surface area contributed by atoms with Crippen molar-refractivity contribution >= 4 is 0 Å². The zero-order valence-corrected chi connectivity index (χ0v) is 12.1. The normalized spacial score (nSPS) is 5.54. The van der Waals surface area contributed by atoms with Crippen molar-refractivity contribution < 1.29 is 42.8 Å². The van der Waals surface area contributed by atoms with E-state index in [0.717, 1.165) is 0 Å². The van der Waals surface area contributed by atoms with Gasteiger partial charge in [-0.2, -0.15) is 0 Å². The van der Waals surface area contributed by atoms with E-state index in [0.29, 0.717) is 0 Å². The molecule has 0 aromatic heterocycles. The molecule has 0 amide bonds. The minimum Gasteiger partial charge on any atom is -0.855 e. The first-order valence-corrected chi connectivity index (χ1v) is 3.98. The van der Waals surface area contributed by atoms with E-state index in [-0.39, 0.29) is 48.8 Å². The molecule has 85 valence electrons. The SMILES string of the molecule is CC[O-].CC[O-].CC[O-].CC[O-].[Ta]. The molecule has 0 aromatic carbocycles. The summed E-state index contributed by atoms with van der Waals surface area (Å²) in [7, 11) is 0. The maximum atomic E-state index is 8.93. The molecule has 0 aliphatic heterocycles. The van der Waals surface area contributed by atoms with E-state index in [1.165, 1.54) is 0 Å². The van der Waals surface area contributed by atoms with Gasteiger partial charge in [-0.05, 0) is 0 Å². The molecule has 0 saturated carbocycles. The van der Waals surface area contributed by atoms with E-state index < -0.39 is 0 Å². The summed E-state index contributed by atoms with van der Waals surface area (Å²) in [5.41, 5.74) is 0. The molecule has 0 aromatic rings. The minimum absolute atomic E-state index is 0. The molecule has 0 aliphatic carbocycles. The van der Waals surface area contributed by atoms with Gasteiger partial charge < -0.3 is 20.4 Å². The fourth-order valence-corrected chi connectivity index (χ4v) is 0. The third kappa shape index (κ3) is 4180. The third-order valence-electron chi connectivity index (χ3n) is 0. The summed E-state index contributed by atoms with van der Waals surface area (Å²) in [6.45, 7) is 6.28. The summed E-state index contributed by atoms with van der Waals surface area (Å²) in [6.07, 6.45) is 0. The van der Waals surface area contributed by atoms with Crippen molar-refractivity contribution in [3.05, 3.63) is 0 Å². The van der Waals surface area contributed by atoms with Crippen molar-refractivity contribution in [3.8, 4) is 0 Å². The Morgan fingerprint density at radius 3 is 0.538 bits per heavy atom. The van der Waals surface area contributed by atoms with Gasteiger partial charge in [0.1, 0.15) is 0 Å². The first-order chi connectivity index (χ1) is 5.66. The summed E-state index contributed by atoms with van der Waals surface area (Å²) in [6, 6.07) is 0. The number of rotatable bonds is 0. The standard InChI is InChI=1S/4C2H5O.Ta/c4*1-2-3;/h4*2H2,1H3;/q4*-1;. The Labute approximate surface area is 97.1 Å². The molecule has 0 bridgehead atoms. The Kier molecular flexibility index (Phi) is 181. The first-order valence-electron chi connectivity index (χ1n) is 3.98. The van der Waals surface area contributed by atoms with Gasteiger partial charge in [0.2, 0.25) is 0 Å².